The molecular formula is C19H26ClN3O. The zero-order chi connectivity index (χ0) is 17.0. The third-order valence-electron chi connectivity index (χ3n) is 3.84. The Morgan fingerprint density at radius 2 is 1.79 bits per heavy atom. The maximum absolute atomic E-state index is 12.1. The largest absolute Gasteiger partial charge is 0.397 e. The van der Waals surface area contributed by atoms with Crippen molar-refractivity contribution < 1.29 is 4.79 Å². The van der Waals surface area contributed by atoms with Gasteiger partial charge in [-0.1, -0.05) is 45.0 Å². The molecule has 24 heavy (non-hydrogen) atoms. The number of carbonyl (C=O) groups excluding carboxylic acids is 1. The molecule has 5 heteroatoms. The van der Waals surface area contributed by atoms with Crippen molar-refractivity contribution in [3.63, 3.8) is 0 Å². The van der Waals surface area contributed by atoms with Gasteiger partial charge in [0.25, 0.3) is 0 Å². The monoisotopic (exact) mass is 347 g/mol. The third-order valence-corrected chi connectivity index (χ3v) is 3.84. The molecule has 1 unspecified atom stereocenters. The molecule has 1 heterocycles. The van der Waals surface area contributed by atoms with E-state index in [2.05, 4.69) is 55.3 Å². The summed E-state index contributed by atoms with van der Waals surface area (Å²) in [6.45, 7) is 8.55. The zero-order valence-corrected chi connectivity index (χ0v) is 15.5. The number of nitrogens with zero attached hydrogens (tertiary/aromatic N) is 1. The molecule has 1 amide bonds. The summed E-state index contributed by atoms with van der Waals surface area (Å²) in [5.74, 6) is -0.0466. The fourth-order valence-electron chi connectivity index (χ4n) is 2.35. The Labute approximate surface area is 150 Å². The summed E-state index contributed by atoms with van der Waals surface area (Å²) in [5.41, 5.74) is 9.42. The van der Waals surface area contributed by atoms with Crippen LogP contribution in [0.4, 0.5) is 5.69 Å². The number of pyridine rings is 1. The summed E-state index contributed by atoms with van der Waals surface area (Å²) >= 11 is 0. The third kappa shape index (κ3) is 5.53. The van der Waals surface area contributed by atoms with E-state index in [1.165, 1.54) is 5.56 Å². The second-order valence-corrected chi connectivity index (χ2v) is 6.92. The van der Waals surface area contributed by atoms with E-state index < -0.39 is 0 Å². The van der Waals surface area contributed by atoms with Gasteiger partial charge < -0.3 is 11.1 Å². The van der Waals surface area contributed by atoms with Gasteiger partial charge in [-0.3, -0.25) is 9.78 Å². The van der Waals surface area contributed by atoms with Crippen LogP contribution in [-0.2, 0) is 16.6 Å². The summed E-state index contributed by atoms with van der Waals surface area (Å²) in [7, 11) is 0. The first-order valence-corrected chi connectivity index (χ1v) is 7.86. The molecule has 2 aromatic rings. The van der Waals surface area contributed by atoms with E-state index in [-0.39, 0.29) is 36.2 Å². The minimum atomic E-state index is -0.0466. The molecule has 1 atom stereocenters. The van der Waals surface area contributed by atoms with E-state index in [4.69, 9.17) is 5.73 Å². The predicted octanol–water partition coefficient (Wildman–Crippen LogP) is 3.80. The molecule has 0 aliphatic rings. The Morgan fingerprint density at radius 3 is 2.29 bits per heavy atom. The van der Waals surface area contributed by atoms with Gasteiger partial charge in [-0.25, -0.2) is 0 Å². The molecule has 3 N–H and O–H groups in total. The van der Waals surface area contributed by atoms with Crippen molar-refractivity contribution in [1.29, 1.82) is 0 Å². The van der Waals surface area contributed by atoms with Crippen molar-refractivity contribution in [2.45, 2.75) is 45.6 Å². The van der Waals surface area contributed by atoms with Gasteiger partial charge in [0.1, 0.15) is 0 Å². The lowest BCUT2D eigenvalue weighted by molar-refractivity contribution is -0.121. The summed E-state index contributed by atoms with van der Waals surface area (Å²) in [6, 6.07) is 11.9. The zero-order valence-electron chi connectivity index (χ0n) is 14.7. The summed E-state index contributed by atoms with van der Waals surface area (Å²) < 4.78 is 0. The number of carbonyl (C=O) groups is 1. The Hall–Kier alpha value is -2.07. The highest BCUT2D eigenvalue weighted by atomic mass is 35.5. The minimum absolute atomic E-state index is 0. The molecule has 0 aliphatic heterocycles. The Bertz CT molecular complexity index is 661. The van der Waals surface area contributed by atoms with Crippen molar-refractivity contribution in [2.24, 2.45) is 0 Å². The first kappa shape index (κ1) is 20.0. The van der Waals surface area contributed by atoms with Crippen molar-refractivity contribution in [3.8, 4) is 0 Å². The first-order valence-electron chi connectivity index (χ1n) is 7.86. The average molecular weight is 348 g/mol. The Morgan fingerprint density at radius 1 is 1.17 bits per heavy atom. The van der Waals surface area contributed by atoms with Crippen LogP contribution in [0.5, 0.6) is 0 Å². The van der Waals surface area contributed by atoms with Crippen LogP contribution in [0.1, 0.15) is 50.6 Å². The van der Waals surface area contributed by atoms with Gasteiger partial charge in [0.05, 0.1) is 24.3 Å². The van der Waals surface area contributed by atoms with Gasteiger partial charge in [0, 0.05) is 5.69 Å². The second-order valence-electron chi connectivity index (χ2n) is 6.92. The number of rotatable bonds is 4. The Kier molecular flexibility index (Phi) is 6.79. The number of hydrogen-bond acceptors (Lipinski definition) is 3. The van der Waals surface area contributed by atoms with Gasteiger partial charge in [0.2, 0.25) is 5.91 Å². The van der Waals surface area contributed by atoms with Crippen molar-refractivity contribution in [2.75, 3.05) is 5.73 Å². The molecule has 0 saturated carbocycles. The molecule has 0 aliphatic carbocycles. The number of hydrogen-bond donors (Lipinski definition) is 2. The molecule has 2 rings (SSSR count). The highest BCUT2D eigenvalue weighted by Gasteiger charge is 2.15. The summed E-state index contributed by atoms with van der Waals surface area (Å²) in [4.78, 5) is 16.3. The van der Waals surface area contributed by atoms with E-state index in [1.54, 1.807) is 18.3 Å². The smallest absolute Gasteiger partial charge is 0.226 e. The van der Waals surface area contributed by atoms with E-state index in [0.29, 0.717) is 11.4 Å². The van der Waals surface area contributed by atoms with Gasteiger partial charge >= 0.3 is 0 Å². The molecule has 0 bridgehead atoms. The molecule has 0 radical (unpaired) electrons. The lowest BCUT2D eigenvalue weighted by atomic mass is 9.86. The highest BCUT2D eigenvalue weighted by Crippen LogP contribution is 2.23. The maximum Gasteiger partial charge on any atom is 0.226 e. The molecular weight excluding hydrogens is 322 g/mol. The van der Waals surface area contributed by atoms with Crippen molar-refractivity contribution >= 4 is 24.0 Å². The quantitative estimate of drug-likeness (QED) is 0.883. The lowest BCUT2D eigenvalue weighted by Crippen LogP contribution is -2.28. The van der Waals surface area contributed by atoms with Crippen LogP contribution >= 0.6 is 12.4 Å². The number of nitrogen functional groups attached to an aromatic ring is 1. The van der Waals surface area contributed by atoms with Crippen LogP contribution in [0.15, 0.2) is 42.6 Å². The number of nitrogens with two attached hydrogens (primary N) is 1. The first-order chi connectivity index (χ1) is 10.8. The van der Waals surface area contributed by atoms with Crippen LogP contribution in [0.25, 0.3) is 0 Å². The van der Waals surface area contributed by atoms with Gasteiger partial charge in [-0.2, -0.15) is 0 Å². The highest BCUT2D eigenvalue weighted by molar-refractivity contribution is 5.85. The molecule has 1 aromatic heterocycles. The van der Waals surface area contributed by atoms with Crippen LogP contribution in [0.3, 0.4) is 0 Å². The van der Waals surface area contributed by atoms with Gasteiger partial charge in [-0.15, -0.1) is 12.4 Å². The molecule has 0 saturated heterocycles. The number of aromatic nitrogens is 1. The fraction of sp³-hybridized carbons (Fsp3) is 0.368. The SMILES string of the molecule is CC(NC(=O)Cc1ccc(N)cn1)c1ccc(C(C)(C)C)cc1.Cl. The number of halogens is 1. The molecule has 4 nitrogen and oxygen atoms in total. The maximum atomic E-state index is 12.1. The minimum Gasteiger partial charge on any atom is -0.397 e. The van der Waals surface area contributed by atoms with E-state index in [0.717, 1.165) is 5.56 Å². The number of nitrogens with one attached hydrogen (secondary N) is 1. The molecule has 0 fully saturated rings. The normalized spacial score (nSPS) is 12.2. The van der Waals surface area contributed by atoms with Crippen LogP contribution < -0.4 is 11.1 Å². The topological polar surface area (TPSA) is 68.0 Å². The second kappa shape index (κ2) is 8.15. The van der Waals surface area contributed by atoms with E-state index in [9.17, 15) is 4.79 Å². The van der Waals surface area contributed by atoms with Crippen molar-refractivity contribution in [1.82, 2.24) is 10.3 Å². The summed E-state index contributed by atoms with van der Waals surface area (Å²) in [6.07, 6.45) is 1.82. The lowest BCUT2D eigenvalue weighted by Gasteiger charge is -2.20. The van der Waals surface area contributed by atoms with Crippen LogP contribution in [-0.4, -0.2) is 10.9 Å². The van der Waals surface area contributed by atoms with Gasteiger partial charge in [-0.05, 0) is 35.6 Å². The Balaban J connectivity index is 0.00000288. The molecule has 130 valence electrons. The van der Waals surface area contributed by atoms with E-state index >= 15 is 0 Å². The standard InChI is InChI=1S/C19H25N3O.ClH/c1-13(14-5-7-15(8-6-14)19(2,3)4)22-18(23)11-17-10-9-16(20)12-21-17;/h5-10,12-13H,11,20H2,1-4H3,(H,22,23);1H. The number of anilines is 1. The van der Waals surface area contributed by atoms with E-state index in [1.807, 2.05) is 6.92 Å². The fourth-order valence-corrected chi connectivity index (χ4v) is 2.35. The molecule has 1 aromatic carbocycles. The number of amides is 1. The van der Waals surface area contributed by atoms with Gasteiger partial charge in [0.15, 0.2) is 0 Å². The summed E-state index contributed by atoms with van der Waals surface area (Å²) in [5, 5.41) is 3.01. The number of benzene rings is 1. The van der Waals surface area contributed by atoms with Crippen LogP contribution in [0.2, 0.25) is 0 Å². The van der Waals surface area contributed by atoms with Crippen LogP contribution in [0, 0.1) is 0 Å². The molecule has 0 spiro atoms. The van der Waals surface area contributed by atoms with Crippen molar-refractivity contribution in [3.05, 3.63) is 59.4 Å². The average Bonchev–Trinajstić information content (AvgIpc) is 2.49. The predicted molar refractivity (Wildman–Crippen MR) is 101 cm³/mol.